The zero-order valence-electron chi connectivity index (χ0n) is 10.7. The number of hydrogen-bond acceptors (Lipinski definition) is 4. The standard InChI is InChI=1S/C11H23N5/c1-5-9(2)15(3)7-6-13-11-10(12)8-16(4)14-11/h8-9H,5-7,12H2,1-4H3,(H,13,14). The second-order valence-electron chi connectivity index (χ2n) is 4.27. The van der Waals surface area contributed by atoms with E-state index in [1.54, 1.807) is 10.9 Å². The summed E-state index contributed by atoms with van der Waals surface area (Å²) in [5.74, 6) is 0.778. The van der Waals surface area contributed by atoms with Crippen molar-refractivity contribution in [1.82, 2.24) is 14.7 Å². The van der Waals surface area contributed by atoms with Gasteiger partial charge in [0.2, 0.25) is 0 Å². The van der Waals surface area contributed by atoms with Crippen LogP contribution in [0, 0.1) is 0 Å². The molecule has 0 aliphatic heterocycles. The highest BCUT2D eigenvalue weighted by Crippen LogP contribution is 2.13. The van der Waals surface area contributed by atoms with Crippen LogP contribution < -0.4 is 11.1 Å². The summed E-state index contributed by atoms with van der Waals surface area (Å²) in [4.78, 5) is 2.33. The Balaban J connectivity index is 2.33. The van der Waals surface area contributed by atoms with E-state index in [9.17, 15) is 0 Å². The number of nitrogens with two attached hydrogens (primary N) is 1. The molecule has 5 nitrogen and oxygen atoms in total. The van der Waals surface area contributed by atoms with Gasteiger partial charge in [0, 0.05) is 32.4 Å². The third-order valence-corrected chi connectivity index (χ3v) is 2.96. The number of rotatable bonds is 6. The third-order valence-electron chi connectivity index (χ3n) is 2.96. The molecule has 0 spiro atoms. The Morgan fingerprint density at radius 3 is 2.81 bits per heavy atom. The predicted octanol–water partition coefficient (Wildman–Crippen LogP) is 1.14. The molecule has 0 bridgehead atoms. The van der Waals surface area contributed by atoms with E-state index in [0.29, 0.717) is 11.7 Å². The van der Waals surface area contributed by atoms with Crippen molar-refractivity contribution in [3.63, 3.8) is 0 Å². The minimum absolute atomic E-state index is 0.614. The number of aromatic nitrogens is 2. The topological polar surface area (TPSA) is 59.1 Å². The summed E-state index contributed by atoms with van der Waals surface area (Å²) in [6, 6.07) is 0.614. The number of aryl methyl sites for hydroxylation is 1. The summed E-state index contributed by atoms with van der Waals surface area (Å²) in [6.45, 7) is 6.29. The summed E-state index contributed by atoms with van der Waals surface area (Å²) < 4.78 is 1.72. The zero-order valence-corrected chi connectivity index (χ0v) is 10.7. The zero-order chi connectivity index (χ0) is 12.1. The van der Waals surface area contributed by atoms with Crippen LogP contribution in [0.25, 0.3) is 0 Å². The molecule has 92 valence electrons. The monoisotopic (exact) mass is 225 g/mol. The Kier molecular flexibility index (Phi) is 4.61. The number of nitrogens with one attached hydrogen (secondary N) is 1. The fraction of sp³-hybridized carbons (Fsp3) is 0.727. The second kappa shape index (κ2) is 5.75. The highest BCUT2D eigenvalue weighted by atomic mass is 15.3. The van der Waals surface area contributed by atoms with Gasteiger partial charge in [0.15, 0.2) is 5.82 Å². The first-order chi connectivity index (χ1) is 7.54. The summed E-state index contributed by atoms with van der Waals surface area (Å²) in [6.07, 6.45) is 2.98. The molecule has 0 aromatic carbocycles. The van der Waals surface area contributed by atoms with Gasteiger partial charge < -0.3 is 16.0 Å². The molecular weight excluding hydrogens is 202 g/mol. The molecule has 0 radical (unpaired) electrons. The molecule has 16 heavy (non-hydrogen) atoms. The van der Waals surface area contributed by atoms with Crippen LogP contribution in [0.2, 0.25) is 0 Å². The molecule has 1 atom stereocenters. The molecule has 0 amide bonds. The highest BCUT2D eigenvalue weighted by molar-refractivity contribution is 5.59. The van der Waals surface area contributed by atoms with E-state index in [1.807, 2.05) is 7.05 Å². The van der Waals surface area contributed by atoms with Crippen LogP contribution >= 0.6 is 0 Å². The van der Waals surface area contributed by atoms with Crippen molar-refractivity contribution >= 4 is 11.5 Å². The van der Waals surface area contributed by atoms with Gasteiger partial charge in [0.05, 0.1) is 5.69 Å². The van der Waals surface area contributed by atoms with E-state index < -0.39 is 0 Å². The molecule has 1 heterocycles. The SMILES string of the molecule is CCC(C)N(C)CCNc1nn(C)cc1N. The molecular formula is C11H23N5. The molecule has 0 aliphatic carbocycles. The van der Waals surface area contributed by atoms with Gasteiger partial charge >= 0.3 is 0 Å². The van der Waals surface area contributed by atoms with Gasteiger partial charge in [-0.2, -0.15) is 5.10 Å². The van der Waals surface area contributed by atoms with Crippen molar-refractivity contribution in [2.45, 2.75) is 26.3 Å². The van der Waals surface area contributed by atoms with E-state index in [-0.39, 0.29) is 0 Å². The molecule has 0 saturated heterocycles. The molecule has 1 aromatic rings. The van der Waals surface area contributed by atoms with Crippen molar-refractivity contribution in [3.8, 4) is 0 Å². The summed E-state index contributed by atoms with van der Waals surface area (Å²) >= 11 is 0. The molecule has 1 aromatic heterocycles. The molecule has 1 unspecified atom stereocenters. The van der Waals surface area contributed by atoms with Crippen LogP contribution in [-0.2, 0) is 7.05 Å². The van der Waals surface area contributed by atoms with Crippen LogP contribution in [0.1, 0.15) is 20.3 Å². The maximum Gasteiger partial charge on any atom is 0.171 e. The van der Waals surface area contributed by atoms with Crippen molar-refractivity contribution < 1.29 is 0 Å². The first kappa shape index (κ1) is 12.8. The number of nitrogen functional groups attached to an aromatic ring is 1. The van der Waals surface area contributed by atoms with Crippen molar-refractivity contribution in [1.29, 1.82) is 0 Å². The number of likely N-dealkylation sites (N-methyl/N-ethyl adjacent to an activating group) is 1. The highest BCUT2D eigenvalue weighted by Gasteiger charge is 2.07. The Morgan fingerprint density at radius 1 is 1.62 bits per heavy atom. The van der Waals surface area contributed by atoms with Gasteiger partial charge in [-0.25, -0.2) is 0 Å². The number of anilines is 2. The second-order valence-corrected chi connectivity index (χ2v) is 4.27. The molecule has 5 heteroatoms. The van der Waals surface area contributed by atoms with E-state index in [4.69, 9.17) is 5.73 Å². The van der Waals surface area contributed by atoms with Gasteiger partial charge in [-0.15, -0.1) is 0 Å². The fourth-order valence-electron chi connectivity index (χ4n) is 1.53. The van der Waals surface area contributed by atoms with Gasteiger partial charge in [0.1, 0.15) is 0 Å². The normalized spacial score (nSPS) is 13.1. The fourth-order valence-corrected chi connectivity index (χ4v) is 1.53. The van der Waals surface area contributed by atoms with Crippen LogP contribution in [0.5, 0.6) is 0 Å². The van der Waals surface area contributed by atoms with Crippen LogP contribution in [0.3, 0.4) is 0 Å². The minimum atomic E-state index is 0.614. The lowest BCUT2D eigenvalue weighted by Gasteiger charge is -2.23. The van der Waals surface area contributed by atoms with E-state index in [2.05, 4.69) is 36.2 Å². The Morgan fingerprint density at radius 2 is 2.31 bits per heavy atom. The first-order valence-electron chi connectivity index (χ1n) is 5.77. The average molecular weight is 225 g/mol. The lowest BCUT2D eigenvalue weighted by atomic mass is 10.2. The maximum atomic E-state index is 5.78. The molecule has 3 N–H and O–H groups in total. The molecule has 0 aliphatic rings. The lowest BCUT2D eigenvalue weighted by Crippen LogP contribution is -2.32. The van der Waals surface area contributed by atoms with Gasteiger partial charge in [0.25, 0.3) is 0 Å². The Hall–Kier alpha value is -1.23. The molecule has 1 rings (SSSR count). The number of nitrogens with zero attached hydrogens (tertiary/aromatic N) is 3. The summed E-state index contributed by atoms with van der Waals surface area (Å²) in [5.41, 5.74) is 6.49. The van der Waals surface area contributed by atoms with E-state index in [1.165, 1.54) is 6.42 Å². The van der Waals surface area contributed by atoms with Gasteiger partial charge in [-0.3, -0.25) is 4.68 Å². The average Bonchev–Trinajstić information content (AvgIpc) is 2.56. The van der Waals surface area contributed by atoms with Crippen molar-refractivity contribution in [3.05, 3.63) is 6.20 Å². The van der Waals surface area contributed by atoms with E-state index >= 15 is 0 Å². The van der Waals surface area contributed by atoms with Crippen LogP contribution in [0.4, 0.5) is 11.5 Å². The third kappa shape index (κ3) is 3.41. The Labute approximate surface area is 97.6 Å². The smallest absolute Gasteiger partial charge is 0.171 e. The quantitative estimate of drug-likeness (QED) is 0.762. The minimum Gasteiger partial charge on any atom is -0.394 e. The van der Waals surface area contributed by atoms with Gasteiger partial charge in [-0.05, 0) is 20.4 Å². The Bertz CT molecular complexity index is 320. The molecule has 0 saturated carbocycles. The van der Waals surface area contributed by atoms with E-state index in [0.717, 1.165) is 18.9 Å². The van der Waals surface area contributed by atoms with Crippen LogP contribution in [-0.4, -0.2) is 40.9 Å². The number of hydrogen-bond donors (Lipinski definition) is 2. The van der Waals surface area contributed by atoms with Crippen molar-refractivity contribution in [2.75, 3.05) is 31.2 Å². The largest absolute Gasteiger partial charge is 0.394 e. The van der Waals surface area contributed by atoms with Crippen molar-refractivity contribution in [2.24, 2.45) is 7.05 Å². The summed E-state index contributed by atoms with van der Waals surface area (Å²) in [7, 11) is 4.00. The maximum absolute atomic E-state index is 5.78. The predicted molar refractivity (Wildman–Crippen MR) is 68.5 cm³/mol. The molecule has 0 fully saturated rings. The van der Waals surface area contributed by atoms with Gasteiger partial charge in [-0.1, -0.05) is 6.92 Å². The summed E-state index contributed by atoms with van der Waals surface area (Å²) in [5, 5.41) is 7.48. The first-order valence-corrected chi connectivity index (χ1v) is 5.77. The van der Waals surface area contributed by atoms with Crippen LogP contribution in [0.15, 0.2) is 6.20 Å². The lowest BCUT2D eigenvalue weighted by molar-refractivity contribution is 0.261.